The Morgan fingerprint density at radius 1 is 1.10 bits per heavy atom. The number of hydrogen-bond acceptors (Lipinski definition) is 4. The van der Waals surface area contributed by atoms with Gasteiger partial charge >= 0.3 is 0 Å². The maximum Gasteiger partial charge on any atom is 0.275 e. The van der Waals surface area contributed by atoms with Gasteiger partial charge in [-0.3, -0.25) is 4.79 Å². The van der Waals surface area contributed by atoms with Gasteiger partial charge in [0.1, 0.15) is 18.1 Å². The van der Waals surface area contributed by atoms with E-state index in [1.807, 2.05) is 42.5 Å². The van der Waals surface area contributed by atoms with Gasteiger partial charge in [-0.15, -0.1) is 0 Å². The molecule has 8 heteroatoms. The molecule has 3 rings (SSSR count). The summed E-state index contributed by atoms with van der Waals surface area (Å²) in [5.41, 5.74) is 4.29. The highest BCUT2D eigenvalue weighted by molar-refractivity contribution is 9.10. The van der Waals surface area contributed by atoms with Crippen molar-refractivity contribution in [2.24, 2.45) is 5.10 Å². The number of hydrogen-bond donors (Lipinski definition) is 2. The largest absolute Gasteiger partial charge is 0.507 e. The molecule has 0 bridgehead atoms. The van der Waals surface area contributed by atoms with Crippen LogP contribution in [0.15, 0.2) is 74.7 Å². The summed E-state index contributed by atoms with van der Waals surface area (Å²) in [4.78, 5) is 12.1. The number of nitrogens with one attached hydrogen (secondary N) is 1. The lowest BCUT2D eigenvalue weighted by molar-refractivity contribution is 0.0952. The van der Waals surface area contributed by atoms with Crippen molar-refractivity contribution in [2.45, 2.75) is 6.61 Å². The molecular formula is C21H15Br2ClN2O3. The van der Waals surface area contributed by atoms with Crippen LogP contribution in [0.5, 0.6) is 11.5 Å². The molecule has 0 unspecified atom stereocenters. The maximum atomic E-state index is 12.1. The molecule has 0 aliphatic carbocycles. The van der Waals surface area contributed by atoms with Gasteiger partial charge in [0.05, 0.1) is 16.3 Å². The fourth-order valence-electron chi connectivity index (χ4n) is 2.37. The first-order chi connectivity index (χ1) is 13.9. The Hall–Kier alpha value is -2.35. The van der Waals surface area contributed by atoms with Crippen LogP contribution in [0.3, 0.4) is 0 Å². The number of hydrazone groups is 1. The Labute approximate surface area is 189 Å². The molecular weight excluding hydrogens is 524 g/mol. The second-order valence-corrected chi connectivity index (χ2v) is 8.17. The lowest BCUT2D eigenvalue weighted by Gasteiger charge is -2.09. The molecule has 148 valence electrons. The van der Waals surface area contributed by atoms with Crippen molar-refractivity contribution in [3.8, 4) is 11.5 Å². The van der Waals surface area contributed by atoms with E-state index in [9.17, 15) is 9.90 Å². The van der Waals surface area contributed by atoms with Crippen molar-refractivity contribution in [1.82, 2.24) is 5.43 Å². The van der Waals surface area contributed by atoms with Gasteiger partial charge in [0.15, 0.2) is 0 Å². The molecule has 0 saturated carbocycles. The van der Waals surface area contributed by atoms with E-state index in [1.54, 1.807) is 6.07 Å². The number of phenolic OH excluding ortho intramolecular Hbond substituents is 1. The van der Waals surface area contributed by atoms with E-state index in [-0.39, 0.29) is 11.3 Å². The second kappa shape index (κ2) is 9.91. The smallest absolute Gasteiger partial charge is 0.275 e. The van der Waals surface area contributed by atoms with E-state index in [1.165, 1.54) is 18.3 Å². The summed E-state index contributed by atoms with van der Waals surface area (Å²) in [6.07, 6.45) is 1.50. The highest BCUT2D eigenvalue weighted by atomic mass is 79.9. The van der Waals surface area contributed by atoms with Crippen LogP contribution >= 0.6 is 43.5 Å². The number of halogens is 3. The molecule has 0 aromatic heterocycles. The van der Waals surface area contributed by atoms with Crippen molar-refractivity contribution in [3.63, 3.8) is 0 Å². The Kier molecular flexibility index (Phi) is 7.30. The Balaban J connectivity index is 1.60. The van der Waals surface area contributed by atoms with Crippen molar-refractivity contribution >= 4 is 55.6 Å². The van der Waals surface area contributed by atoms with Crippen molar-refractivity contribution in [3.05, 3.63) is 91.3 Å². The number of aromatic hydroxyl groups is 1. The minimum Gasteiger partial charge on any atom is -0.507 e. The predicted octanol–water partition coefficient (Wildman–Crippen LogP) is 5.91. The Bertz CT molecular complexity index is 1060. The van der Waals surface area contributed by atoms with Crippen LogP contribution in [0.1, 0.15) is 21.5 Å². The van der Waals surface area contributed by atoms with E-state index in [0.717, 1.165) is 15.6 Å². The molecule has 0 aliphatic heterocycles. The topological polar surface area (TPSA) is 70.9 Å². The number of carbonyl (C=O) groups excluding carboxylic acids is 1. The van der Waals surface area contributed by atoms with Crippen molar-refractivity contribution < 1.29 is 14.6 Å². The predicted molar refractivity (Wildman–Crippen MR) is 121 cm³/mol. The number of ether oxygens (including phenoxy) is 1. The lowest BCUT2D eigenvalue weighted by atomic mass is 10.2. The SMILES string of the molecule is O=C(N/N=C\c1ccc(OCc2ccc(Cl)cc2)c(Br)c1)c1cc(Br)ccc1O. The number of rotatable bonds is 6. The molecule has 0 saturated heterocycles. The zero-order chi connectivity index (χ0) is 20.8. The second-order valence-electron chi connectivity index (χ2n) is 5.97. The number of amides is 1. The Morgan fingerprint density at radius 3 is 2.59 bits per heavy atom. The molecule has 0 fully saturated rings. The first-order valence-corrected chi connectivity index (χ1v) is 10.4. The molecule has 0 radical (unpaired) electrons. The molecule has 2 N–H and O–H groups in total. The van der Waals surface area contributed by atoms with E-state index >= 15 is 0 Å². The molecule has 0 atom stereocenters. The average molecular weight is 539 g/mol. The van der Waals surface area contributed by atoms with Crippen LogP contribution in [0.4, 0.5) is 0 Å². The van der Waals surface area contributed by atoms with E-state index in [2.05, 4.69) is 42.4 Å². The summed E-state index contributed by atoms with van der Waals surface area (Å²) in [6, 6.07) is 17.5. The monoisotopic (exact) mass is 536 g/mol. The van der Waals surface area contributed by atoms with Gasteiger partial charge in [-0.25, -0.2) is 5.43 Å². The van der Waals surface area contributed by atoms with Gasteiger partial charge < -0.3 is 9.84 Å². The zero-order valence-electron chi connectivity index (χ0n) is 14.9. The number of benzene rings is 3. The van der Waals surface area contributed by atoms with Gasteiger partial charge in [0, 0.05) is 9.50 Å². The third-order valence-electron chi connectivity index (χ3n) is 3.85. The maximum absolute atomic E-state index is 12.1. The molecule has 1 amide bonds. The van der Waals surface area contributed by atoms with Gasteiger partial charge in [0.25, 0.3) is 5.91 Å². The van der Waals surface area contributed by atoms with Gasteiger partial charge in [0.2, 0.25) is 0 Å². The third-order valence-corrected chi connectivity index (χ3v) is 5.21. The minimum absolute atomic E-state index is 0.120. The van der Waals surface area contributed by atoms with Gasteiger partial charge in [-0.2, -0.15) is 5.10 Å². The molecule has 29 heavy (non-hydrogen) atoms. The summed E-state index contributed by atoms with van der Waals surface area (Å²) in [5.74, 6) is 0.0491. The fraction of sp³-hybridized carbons (Fsp3) is 0.0476. The number of nitrogens with zero attached hydrogens (tertiary/aromatic N) is 1. The van der Waals surface area contributed by atoms with Gasteiger partial charge in [-0.05, 0) is 75.6 Å². The molecule has 3 aromatic carbocycles. The Morgan fingerprint density at radius 2 is 1.86 bits per heavy atom. The third kappa shape index (κ3) is 6.06. The van der Waals surface area contributed by atoms with Crippen LogP contribution in [-0.4, -0.2) is 17.2 Å². The molecule has 0 spiro atoms. The van der Waals surface area contributed by atoms with Crippen LogP contribution in [0, 0.1) is 0 Å². The van der Waals surface area contributed by atoms with Crippen LogP contribution < -0.4 is 10.2 Å². The standard InChI is InChI=1S/C21H15Br2ClN2O3/c22-15-4-7-19(27)17(10-15)21(28)26-25-11-14-3-8-20(18(23)9-14)29-12-13-1-5-16(24)6-2-13/h1-11,27H,12H2,(H,26,28)/b25-11-. The normalized spacial score (nSPS) is 10.9. The van der Waals surface area contributed by atoms with Gasteiger partial charge in [-0.1, -0.05) is 39.7 Å². The zero-order valence-corrected chi connectivity index (χ0v) is 18.8. The summed E-state index contributed by atoms with van der Waals surface area (Å²) >= 11 is 12.6. The highest BCUT2D eigenvalue weighted by Gasteiger charge is 2.10. The van der Waals surface area contributed by atoms with Crippen molar-refractivity contribution in [2.75, 3.05) is 0 Å². The summed E-state index contributed by atoms with van der Waals surface area (Å²) in [6.45, 7) is 0.412. The van der Waals surface area contributed by atoms with Crippen LogP contribution in [0.2, 0.25) is 5.02 Å². The van der Waals surface area contributed by atoms with E-state index < -0.39 is 5.91 Å². The first-order valence-electron chi connectivity index (χ1n) is 8.41. The quantitative estimate of drug-likeness (QED) is 0.303. The summed E-state index contributed by atoms with van der Waals surface area (Å²) in [5, 5.41) is 14.4. The number of carbonyl (C=O) groups is 1. The summed E-state index contributed by atoms with van der Waals surface area (Å²) < 4.78 is 7.24. The highest BCUT2D eigenvalue weighted by Crippen LogP contribution is 2.26. The fourth-order valence-corrected chi connectivity index (χ4v) is 3.37. The molecule has 0 heterocycles. The van der Waals surface area contributed by atoms with E-state index in [0.29, 0.717) is 21.9 Å². The molecule has 5 nitrogen and oxygen atoms in total. The van der Waals surface area contributed by atoms with E-state index in [4.69, 9.17) is 16.3 Å². The van der Waals surface area contributed by atoms with Crippen LogP contribution in [-0.2, 0) is 6.61 Å². The van der Waals surface area contributed by atoms with Crippen LogP contribution in [0.25, 0.3) is 0 Å². The van der Waals surface area contributed by atoms with Crippen molar-refractivity contribution in [1.29, 1.82) is 0 Å². The summed E-state index contributed by atoms with van der Waals surface area (Å²) in [7, 11) is 0. The molecule has 3 aromatic rings. The first kappa shape index (κ1) is 21.4. The lowest BCUT2D eigenvalue weighted by Crippen LogP contribution is -2.17. The minimum atomic E-state index is -0.512. The average Bonchev–Trinajstić information content (AvgIpc) is 2.70. The number of phenols is 1. The molecule has 0 aliphatic rings.